The van der Waals surface area contributed by atoms with Crippen LogP contribution in [0.1, 0.15) is 46.3 Å². The summed E-state index contributed by atoms with van der Waals surface area (Å²) in [7, 11) is 0. The number of aliphatic hydroxyl groups is 2. The lowest BCUT2D eigenvalue weighted by Gasteiger charge is -2.36. The molecule has 0 aliphatic heterocycles. The maximum atomic E-state index is 13.8. The van der Waals surface area contributed by atoms with Gasteiger partial charge in [0.05, 0.1) is 17.4 Å². The summed E-state index contributed by atoms with van der Waals surface area (Å²) < 4.78 is 19.2. The zero-order valence-corrected chi connectivity index (χ0v) is 14.1. The van der Waals surface area contributed by atoms with Crippen molar-refractivity contribution in [2.45, 2.75) is 58.3 Å². The van der Waals surface area contributed by atoms with Crippen LogP contribution in [0.25, 0.3) is 0 Å². The first-order valence-corrected chi connectivity index (χ1v) is 7.28. The Balaban J connectivity index is 3.00. The number of carbonyl (C=O) groups excluding carboxylic acids is 1. The van der Waals surface area contributed by atoms with Crippen LogP contribution < -0.4 is 10.6 Å². The van der Waals surface area contributed by atoms with Crippen molar-refractivity contribution in [3.8, 4) is 0 Å². The highest BCUT2D eigenvalue weighted by Crippen LogP contribution is 2.32. The highest BCUT2D eigenvalue weighted by Gasteiger charge is 2.34. The molecule has 1 amide bonds. The van der Waals surface area contributed by atoms with Crippen molar-refractivity contribution in [3.05, 3.63) is 29.6 Å². The smallest absolute Gasteiger partial charge is 0.214 e. The van der Waals surface area contributed by atoms with Gasteiger partial charge < -0.3 is 20.3 Å². The molecule has 0 spiro atoms. The van der Waals surface area contributed by atoms with E-state index < -0.39 is 29.5 Å². The number of aliphatic hydroxyl groups excluding tert-OH is 2. The number of nitrogens with one attached hydrogen (secondary N) is 2. The summed E-state index contributed by atoms with van der Waals surface area (Å²) in [6.07, 6.45) is -2.19. The SMILES string of the molecule is CC(C)(C)OC(O)NC(C)(C)C(O)c1cccc(F)c1NC=O. The fraction of sp³-hybridized carbons (Fsp3) is 0.562. The molecule has 130 valence electrons. The lowest BCUT2D eigenvalue weighted by Crippen LogP contribution is -2.52. The lowest BCUT2D eigenvalue weighted by molar-refractivity contribution is -0.196. The Morgan fingerprint density at radius 3 is 2.35 bits per heavy atom. The van der Waals surface area contributed by atoms with Crippen LogP contribution in [0, 0.1) is 5.82 Å². The number of carbonyl (C=O) groups is 1. The molecule has 0 radical (unpaired) electrons. The second kappa shape index (κ2) is 7.35. The number of halogens is 1. The summed E-state index contributed by atoms with van der Waals surface area (Å²) in [6.45, 7) is 8.59. The number of benzene rings is 1. The van der Waals surface area contributed by atoms with Crippen molar-refractivity contribution in [2.75, 3.05) is 5.32 Å². The Labute approximate surface area is 135 Å². The van der Waals surface area contributed by atoms with Crippen molar-refractivity contribution >= 4 is 12.1 Å². The topological polar surface area (TPSA) is 90.8 Å². The molecule has 1 rings (SSSR count). The number of hydrogen-bond acceptors (Lipinski definition) is 5. The van der Waals surface area contributed by atoms with Crippen molar-refractivity contribution in [3.63, 3.8) is 0 Å². The number of ether oxygens (including phenoxy) is 1. The molecule has 0 fully saturated rings. The molecule has 0 heterocycles. The van der Waals surface area contributed by atoms with Crippen LogP contribution >= 0.6 is 0 Å². The zero-order valence-electron chi connectivity index (χ0n) is 14.1. The second-order valence-corrected chi connectivity index (χ2v) is 6.82. The Kier molecular flexibility index (Phi) is 6.24. The quantitative estimate of drug-likeness (QED) is 0.453. The highest BCUT2D eigenvalue weighted by atomic mass is 19.1. The number of para-hydroxylation sites is 1. The van der Waals surface area contributed by atoms with Gasteiger partial charge in [-0.1, -0.05) is 12.1 Å². The summed E-state index contributed by atoms with van der Waals surface area (Å²) in [5.74, 6) is -0.657. The van der Waals surface area contributed by atoms with Gasteiger partial charge in [0.15, 0.2) is 0 Å². The Morgan fingerprint density at radius 1 is 1.22 bits per heavy atom. The van der Waals surface area contributed by atoms with E-state index in [1.165, 1.54) is 18.2 Å². The minimum atomic E-state index is -1.32. The predicted octanol–water partition coefficient (Wildman–Crippen LogP) is 1.89. The molecule has 0 bridgehead atoms. The van der Waals surface area contributed by atoms with E-state index in [2.05, 4.69) is 10.6 Å². The molecule has 0 aliphatic rings. The van der Waals surface area contributed by atoms with Crippen molar-refractivity contribution in [2.24, 2.45) is 0 Å². The van der Waals surface area contributed by atoms with Crippen LogP contribution in [0.3, 0.4) is 0 Å². The molecular weight excluding hydrogens is 303 g/mol. The van der Waals surface area contributed by atoms with Crippen LogP contribution in [0.2, 0.25) is 0 Å². The normalized spacial score (nSPS) is 15.1. The molecule has 2 atom stereocenters. The van der Waals surface area contributed by atoms with Crippen LogP contribution in [0.4, 0.5) is 10.1 Å². The number of anilines is 1. The third-order valence-corrected chi connectivity index (χ3v) is 3.19. The molecule has 0 aromatic heterocycles. The van der Waals surface area contributed by atoms with Crippen LogP contribution in [-0.2, 0) is 9.53 Å². The second-order valence-electron chi connectivity index (χ2n) is 6.82. The molecular formula is C16H25FN2O4. The maximum absolute atomic E-state index is 13.8. The average Bonchev–Trinajstić information content (AvgIpc) is 2.37. The first-order valence-electron chi connectivity index (χ1n) is 7.28. The molecule has 23 heavy (non-hydrogen) atoms. The molecule has 0 saturated carbocycles. The van der Waals surface area contributed by atoms with Crippen LogP contribution in [-0.4, -0.2) is 34.2 Å². The van der Waals surface area contributed by atoms with E-state index in [1.807, 2.05) is 0 Å². The van der Waals surface area contributed by atoms with E-state index in [4.69, 9.17) is 4.74 Å². The van der Waals surface area contributed by atoms with Gasteiger partial charge in [-0.2, -0.15) is 0 Å². The van der Waals surface area contributed by atoms with E-state index in [9.17, 15) is 19.4 Å². The first-order chi connectivity index (χ1) is 10.5. The Hall–Kier alpha value is -1.54. The van der Waals surface area contributed by atoms with E-state index in [0.29, 0.717) is 6.41 Å². The lowest BCUT2D eigenvalue weighted by atomic mass is 9.90. The van der Waals surface area contributed by atoms with E-state index in [0.717, 1.165) is 0 Å². The average molecular weight is 328 g/mol. The van der Waals surface area contributed by atoms with Gasteiger partial charge in [0.1, 0.15) is 5.82 Å². The molecule has 1 aromatic rings. The standard InChI is InChI=1S/C16H25FN2O4/c1-15(2,3)23-14(22)19-16(4,5)13(21)10-7-6-8-11(17)12(10)18-9-20/h6-9,13-14,19,21-22H,1-5H3,(H,18,20). The van der Waals surface area contributed by atoms with E-state index >= 15 is 0 Å². The number of rotatable bonds is 7. The number of hydrogen-bond donors (Lipinski definition) is 4. The summed E-state index contributed by atoms with van der Waals surface area (Å²) in [5.41, 5.74) is -1.55. The predicted molar refractivity (Wildman–Crippen MR) is 85.1 cm³/mol. The summed E-state index contributed by atoms with van der Waals surface area (Å²) in [5, 5.41) is 25.5. The summed E-state index contributed by atoms with van der Waals surface area (Å²) in [4.78, 5) is 10.7. The van der Waals surface area contributed by atoms with Gasteiger partial charge in [-0.25, -0.2) is 4.39 Å². The fourth-order valence-electron chi connectivity index (χ4n) is 2.13. The zero-order chi connectivity index (χ0) is 17.8. The molecule has 0 saturated heterocycles. The maximum Gasteiger partial charge on any atom is 0.214 e. The third-order valence-electron chi connectivity index (χ3n) is 3.19. The van der Waals surface area contributed by atoms with E-state index in [1.54, 1.807) is 34.6 Å². The van der Waals surface area contributed by atoms with Crippen LogP contribution in [0.15, 0.2) is 18.2 Å². The van der Waals surface area contributed by atoms with E-state index in [-0.39, 0.29) is 11.3 Å². The van der Waals surface area contributed by atoms with Gasteiger partial charge >= 0.3 is 0 Å². The minimum Gasteiger partial charge on any atom is -0.386 e. The Morgan fingerprint density at radius 2 is 1.83 bits per heavy atom. The fourth-order valence-corrected chi connectivity index (χ4v) is 2.13. The van der Waals surface area contributed by atoms with Gasteiger partial charge in [0.2, 0.25) is 12.8 Å². The van der Waals surface area contributed by atoms with Crippen molar-refractivity contribution in [1.82, 2.24) is 5.32 Å². The van der Waals surface area contributed by atoms with Gasteiger partial charge in [-0.05, 0) is 40.7 Å². The molecule has 2 unspecified atom stereocenters. The highest BCUT2D eigenvalue weighted by molar-refractivity contribution is 5.74. The molecule has 7 heteroatoms. The Bertz CT molecular complexity index is 543. The largest absolute Gasteiger partial charge is 0.386 e. The van der Waals surface area contributed by atoms with Gasteiger partial charge in [-0.15, -0.1) is 0 Å². The van der Waals surface area contributed by atoms with Crippen molar-refractivity contribution in [1.29, 1.82) is 0 Å². The van der Waals surface area contributed by atoms with Gasteiger partial charge in [0.25, 0.3) is 0 Å². The van der Waals surface area contributed by atoms with Crippen LogP contribution in [0.5, 0.6) is 0 Å². The third kappa shape index (κ3) is 5.54. The molecule has 1 aromatic carbocycles. The van der Waals surface area contributed by atoms with Gasteiger partial charge in [-0.3, -0.25) is 10.1 Å². The number of amides is 1. The molecule has 6 nitrogen and oxygen atoms in total. The summed E-state index contributed by atoms with van der Waals surface area (Å²) >= 11 is 0. The molecule has 0 aliphatic carbocycles. The first kappa shape index (κ1) is 19.5. The summed E-state index contributed by atoms with van der Waals surface area (Å²) in [6, 6.07) is 4.11. The van der Waals surface area contributed by atoms with Crippen molar-refractivity contribution < 1.29 is 24.1 Å². The van der Waals surface area contributed by atoms with Gasteiger partial charge in [0, 0.05) is 11.1 Å². The minimum absolute atomic E-state index is 0.101. The monoisotopic (exact) mass is 328 g/mol. The molecule has 4 N–H and O–H groups in total.